The zero-order valence-corrected chi connectivity index (χ0v) is 7.30. The molecule has 1 heteroatoms. The fourth-order valence-electron chi connectivity index (χ4n) is 1.43. The molecule has 1 aromatic carbocycles. The number of allylic oxidation sites excluding steroid dienone is 1. The summed E-state index contributed by atoms with van der Waals surface area (Å²) in [4.78, 5) is 0. The van der Waals surface area contributed by atoms with Crippen molar-refractivity contribution >= 4 is 5.57 Å². The van der Waals surface area contributed by atoms with Gasteiger partial charge in [-0.25, -0.2) is 0 Å². The Labute approximate surface area is 73.1 Å². The van der Waals surface area contributed by atoms with Crippen LogP contribution in [0.2, 0.25) is 0 Å². The molecular formula is C11H13N. The molecule has 0 radical (unpaired) electrons. The smallest absolute Gasteiger partial charge is 0.0198 e. The molecule has 0 atom stereocenters. The standard InChI is InChI=1S/C11H13N/c1-9(11-7-8-12-11)10-5-3-2-4-6-10/h2-6,12H,7-8H2,1H3. The maximum atomic E-state index is 3.32. The molecule has 0 saturated carbocycles. The van der Waals surface area contributed by atoms with Crippen molar-refractivity contribution in [3.63, 3.8) is 0 Å². The minimum atomic E-state index is 1.14. The van der Waals surface area contributed by atoms with E-state index in [0.717, 1.165) is 6.54 Å². The lowest BCUT2D eigenvalue weighted by atomic mass is 10.0. The quantitative estimate of drug-likeness (QED) is 0.663. The molecule has 1 aliphatic heterocycles. The van der Waals surface area contributed by atoms with Crippen LogP contribution < -0.4 is 5.32 Å². The van der Waals surface area contributed by atoms with Crippen LogP contribution in [0, 0.1) is 0 Å². The third-order valence-electron chi connectivity index (χ3n) is 2.37. The Morgan fingerprint density at radius 1 is 1.25 bits per heavy atom. The molecule has 1 N–H and O–H groups in total. The van der Waals surface area contributed by atoms with Gasteiger partial charge < -0.3 is 5.32 Å². The van der Waals surface area contributed by atoms with Crippen LogP contribution in [0.5, 0.6) is 0 Å². The summed E-state index contributed by atoms with van der Waals surface area (Å²) >= 11 is 0. The van der Waals surface area contributed by atoms with E-state index in [2.05, 4.69) is 42.6 Å². The molecular weight excluding hydrogens is 146 g/mol. The van der Waals surface area contributed by atoms with Crippen molar-refractivity contribution in [2.45, 2.75) is 13.3 Å². The molecule has 62 valence electrons. The van der Waals surface area contributed by atoms with E-state index >= 15 is 0 Å². The highest BCUT2D eigenvalue weighted by Gasteiger charge is 2.10. The van der Waals surface area contributed by atoms with Gasteiger partial charge in [-0.05, 0) is 18.1 Å². The van der Waals surface area contributed by atoms with Gasteiger partial charge >= 0.3 is 0 Å². The first-order chi connectivity index (χ1) is 5.88. The zero-order valence-electron chi connectivity index (χ0n) is 7.30. The highest BCUT2D eigenvalue weighted by molar-refractivity contribution is 5.67. The fourth-order valence-corrected chi connectivity index (χ4v) is 1.43. The van der Waals surface area contributed by atoms with Crippen molar-refractivity contribution < 1.29 is 0 Å². The van der Waals surface area contributed by atoms with Gasteiger partial charge in [0.2, 0.25) is 0 Å². The molecule has 0 bridgehead atoms. The Balaban J connectivity index is 2.31. The Morgan fingerprint density at radius 2 is 1.92 bits per heavy atom. The van der Waals surface area contributed by atoms with Gasteiger partial charge in [-0.3, -0.25) is 0 Å². The number of hydrogen-bond acceptors (Lipinski definition) is 1. The number of hydrogen-bond donors (Lipinski definition) is 1. The predicted octanol–water partition coefficient (Wildman–Crippen LogP) is 2.41. The van der Waals surface area contributed by atoms with Crippen LogP contribution in [0.1, 0.15) is 18.9 Å². The van der Waals surface area contributed by atoms with E-state index in [0.29, 0.717) is 0 Å². The average Bonchev–Trinajstić information content (AvgIpc) is 2.03. The van der Waals surface area contributed by atoms with Gasteiger partial charge in [-0.1, -0.05) is 30.3 Å². The van der Waals surface area contributed by atoms with E-state index in [-0.39, 0.29) is 0 Å². The normalized spacial score (nSPS) is 19.4. The highest BCUT2D eigenvalue weighted by Crippen LogP contribution is 2.21. The average molecular weight is 159 g/mol. The topological polar surface area (TPSA) is 12.0 Å². The summed E-state index contributed by atoms with van der Waals surface area (Å²) < 4.78 is 0. The lowest BCUT2D eigenvalue weighted by molar-refractivity contribution is 0.636. The zero-order chi connectivity index (χ0) is 8.39. The molecule has 1 aromatic rings. The molecule has 2 rings (SSSR count). The van der Waals surface area contributed by atoms with Crippen molar-refractivity contribution in [2.75, 3.05) is 6.54 Å². The predicted molar refractivity (Wildman–Crippen MR) is 51.7 cm³/mol. The van der Waals surface area contributed by atoms with Crippen LogP contribution in [0.4, 0.5) is 0 Å². The summed E-state index contributed by atoms with van der Waals surface area (Å²) in [6, 6.07) is 10.5. The molecule has 0 spiro atoms. The molecule has 1 aliphatic rings. The lowest BCUT2D eigenvalue weighted by Crippen LogP contribution is -2.28. The van der Waals surface area contributed by atoms with Crippen LogP contribution in [-0.2, 0) is 0 Å². The lowest BCUT2D eigenvalue weighted by Gasteiger charge is -2.23. The molecule has 12 heavy (non-hydrogen) atoms. The Bertz CT molecular complexity index is 292. The molecule has 0 aliphatic carbocycles. The minimum Gasteiger partial charge on any atom is -0.388 e. The molecule has 1 saturated heterocycles. The Morgan fingerprint density at radius 3 is 2.42 bits per heavy atom. The van der Waals surface area contributed by atoms with E-state index < -0.39 is 0 Å². The number of nitrogens with one attached hydrogen (secondary N) is 1. The first-order valence-corrected chi connectivity index (χ1v) is 4.37. The summed E-state index contributed by atoms with van der Waals surface area (Å²) in [5.41, 5.74) is 4.13. The molecule has 1 nitrogen and oxygen atoms in total. The highest BCUT2D eigenvalue weighted by atomic mass is 14.9. The number of benzene rings is 1. The van der Waals surface area contributed by atoms with Crippen LogP contribution in [-0.4, -0.2) is 6.54 Å². The maximum Gasteiger partial charge on any atom is 0.0198 e. The second kappa shape index (κ2) is 3.02. The summed E-state index contributed by atoms with van der Waals surface area (Å²) in [5.74, 6) is 0. The van der Waals surface area contributed by atoms with Crippen molar-refractivity contribution in [3.8, 4) is 0 Å². The van der Waals surface area contributed by atoms with Crippen molar-refractivity contribution in [2.24, 2.45) is 0 Å². The first kappa shape index (κ1) is 7.41. The molecule has 0 unspecified atom stereocenters. The first-order valence-electron chi connectivity index (χ1n) is 4.37. The Kier molecular flexibility index (Phi) is 1.86. The van der Waals surface area contributed by atoms with Crippen LogP contribution in [0.15, 0.2) is 36.0 Å². The third-order valence-corrected chi connectivity index (χ3v) is 2.37. The Hall–Kier alpha value is -1.24. The van der Waals surface area contributed by atoms with Crippen LogP contribution in [0.25, 0.3) is 5.57 Å². The van der Waals surface area contributed by atoms with Gasteiger partial charge in [0, 0.05) is 18.7 Å². The largest absolute Gasteiger partial charge is 0.388 e. The van der Waals surface area contributed by atoms with E-state index in [1.165, 1.54) is 23.3 Å². The fraction of sp³-hybridized carbons (Fsp3) is 0.273. The summed E-state index contributed by atoms with van der Waals surface area (Å²) in [5, 5.41) is 3.32. The second-order valence-corrected chi connectivity index (χ2v) is 3.15. The van der Waals surface area contributed by atoms with E-state index in [9.17, 15) is 0 Å². The van der Waals surface area contributed by atoms with Crippen molar-refractivity contribution in [3.05, 3.63) is 41.6 Å². The molecule has 0 amide bonds. The third kappa shape index (κ3) is 1.22. The second-order valence-electron chi connectivity index (χ2n) is 3.15. The van der Waals surface area contributed by atoms with Gasteiger partial charge in [-0.15, -0.1) is 0 Å². The molecule has 1 fully saturated rings. The minimum absolute atomic E-state index is 1.14. The van der Waals surface area contributed by atoms with E-state index in [4.69, 9.17) is 0 Å². The monoisotopic (exact) mass is 159 g/mol. The van der Waals surface area contributed by atoms with Crippen molar-refractivity contribution in [1.82, 2.24) is 5.32 Å². The van der Waals surface area contributed by atoms with Gasteiger partial charge in [-0.2, -0.15) is 0 Å². The van der Waals surface area contributed by atoms with Crippen LogP contribution in [0.3, 0.4) is 0 Å². The summed E-state index contributed by atoms with van der Waals surface area (Å²) in [7, 11) is 0. The van der Waals surface area contributed by atoms with Gasteiger partial charge in [0.15, 0.2) is 0 Å². The SMILES string of the molecule is CC(=C1CCN1)c1ccccc1. The van der Waals surface area contributed by atoms with E-state index in [1.807, 2.05) is 0 Å². The number of rotatable bonds is 1. The van der Waals surface area contributed by atoms with Gasteiger partial charge in [0.05, 0.1) is 0 Å². The van der Waals surface area contributed by atoms with Crippen LogP contribution >= 0.6 is 0 Å². The maximum absolute atomic E-state index is 3.32. The van der Waals surface area contributed by atoms with Crippen molar-refractivity contribution in [1.29, 1.82) is 0 Å². The summed E-state index contributed by atoms with van der Waals surface area (Å²) in [6.07, 6.45) is 1.21. The van der Waals surface area contributed by atoms with Gasteiger partial charge in [0.1, 0.15) is 0 Å². The van der Waals surface area contributed by atoms with E-state index in [1.54, 1.807) is 0 Å². The molecule has 0 aromatic heterocycles. The molecule has 1 heterocycles. The van der Waals surface area contributed by atoms with Gasteiger partial charge in [0.25, 0.3) is 0 Å². The summed E-state index contributed by atoms with van der Waals surface area (Å²) in [6.45, 7) is 3.32.